The number of likely N-dealkylation sites (tertiary alicyclic amines) is 1. The Morgan fingerprint density at radius 2 is 2.19 bits per heavy atom. The molecule has 0 spiro atoms. The second-order valence-corrected chi connectivity index (χ2v) is 5.26. The molecule has 3 nitrogen and oxygen atoms in total. The molecule has 2 aliphatic heterocycles. The van der Waals surface area contributed by atoms with Crippen molar-refractivity contribution in [2.45, 2.75) is 64.0 Å². The van der Waals surface area contributed by atoms with Crippen LogP contribution in [0.25, 0.3) is 0 Å². The van der Waals surface area contributed by atoms with Crippen molar-refractivity contribution < 1.29 is 4.79 Å². The highest BCUT2D eigenvalue weighted by Crippen LogP contribution is 2.19. The molecular weight excluding hydrogens is 200 g/mol. The van der Waals surface area contributed by atoms with Crippen molar-refractivity contribution in [2.75, 3.05) is 13.1 Å². The molecule has 0 aromatic carbocycles. The Morgan fingerprint density at radius 3 is 2.88 bits per heavy atom. The fraction of sp³-hybridized carbons (Fsp3) is 0.923. The third kappa shape index (κ3) is 2.97. The summed E-state index contributed by atoms with van der Waals surface area (Å²) in [6, 6.07) is 1.07. The van der Waals surface area contributed by atoms with Crippen LogP contribution < -0.4 is 5.32 Å². The average Bonchev–Trinajstić information content (AvgIpc) is 2.79. The van der Waals surface area contributed by atoms with Crippen molar-refractivity contribution in [2.24, 2.45) is 0 Å². The van der Waals surface area contributed by atoms with Crippen LogP contribution in [0.1, 0.15) is 51.9 Å². The Kier molecular flexibility index (Phi) is 4.22. The Hall–Kier alpha value is -0.570. The second-order valence-electron chi connectivity index (χ2n) is 5.26. The van der Waals surface area contributed by atoms with E-state index in [-0.39, 0.29) is 0 Å². The van der Waals surface area contributed by atoms with Gasteiger partial charge in [-0.15, -0.1) is 0 Å². The number of amides is 1. The lowest BCUT2D eigenvalue weighted by molar-refractivity contribution is -0.134. The van der Waals surface area contributed by atoms with Gasteiger partial charge >= 0.3 is 0 Å². The lowest BCUT2D eigenvalue weighted by Crippen LogP contribution is -2.42. The molecule has 0 bridgehead atoms. The molecule has 0 radical (unpaired) electrons. The molecule has 0 aliphatic carbocycles. The van der Waals surface area contributed by atoms with Crippen LogP contribution in [0.5, 0.6) is 0 Å². The predicted molar refractivity (Wildman–Crippen MR) is 65.3 cm³/mol. The number of hydrogen-bond acceptors (Lipinski definition) is 2. The van der Waals surface area contributed by atoms with Crippen molar-refractivity contribution in [1.82, 2.24) is 10.2 Å². The summed E-state index contributed by atoms with van der Waals surface area (Å²) in [5, 5.41) is 3.46. The summed E-state index contributed by atoms with van der Waals surface area (Å²) in [7, 11) is 0. The molecule has 2 aliphatic rings. The van der Waals surface area contributed by atoms with Crippen LogP contribution >= 0.6 is 0 Å². The summed E-state index contributed by atoms with van der Waals surface area (Å²) in [4.78, 5) is 14.2. The van der Waals surface area contributed by atoms with Gasteiger partial charge in [-0.25, -0.2) is 0 Å². The van der Waals surface area contributed by atoms with Gasteiger partial charge in [0, 0.05) is 25.0 Å². The van der Waals surface area contributed by atoms with Crippen LogP contribution in [0.2, 0.25) is 0 Å². The van der Waals surface area contributed by atoms with Gasteiger partial charge in [-0.2, -0.15) is 0 Å². The highest BCUT2D eigenvalue weighted by atomic mass is 16.2. The standard InChI is InChI=1S/C13H24N2O/c1-11-5-2-3-10-15(11)13(16)8-7-12-6-4-9-14-12/h11-12,14H,2-10H2,1H3. The monoisotopic (exact) mass is 224 g/mol. The number of nitrogens with one attached hydrogen (secondary N) is 1. The van der Waals surface area contributed by atoms with E-state index >= 15 is 0 Å². The highest BCUT2D eigenvalue weighted by molar-refractivity contribution is 5.76. The summed E-state index contributed by atoms with van der Waals surface area (Å²) >= 11 is 0. The Labute approximate surface area is 98.6 Å². The maximum Gasteiger partial charge on any atom is 0.222 e. The second kappa shape index (κ2) is 5.67. The summed E-state index contributed by atoms with van der Waals surface area (Å²) < 4.78 is 0. The molecule has 0 aromatic rings. The van der Waals surface area contributed by atoms with Crippen LogP contribution in [0.4, 0.5) is 0 Å². The minimum Gasteiger partial charge on any atom is -0.340 e. The van der Waals surface area contributed by atoms with Crippen molar-refractivity contribution in [3.63, 3.8) is 0 Å². The predicted octanol–water partition coefficient (Wildman–Crippen LogP) is 1.92. The summed E-state index contributed by atoms with van der Waals surface area (Å²) in [6.07, 6.45) is 7.96. The largest absolute Gasteiger partial charge is 0.340 e. The van der Waals surface area contributed by atoms with Gasteiger partial charge in [-0.3, -0.25) is 4.79 Å². The lowest BCUT2D eigenvalue weighted by Gasteiger charge is -2.33. The fourth-order valence-corrected chi connectivity index (χ4v) is 2.91. The van der Waals surface area contributed by atoms with Crippen LogP contribution in [0.15, 0.2) is 0 Å². The molecule has 2 rings (SSSR count). The van der Waals surface area contributed by atoms with Gasteiger partial charge in [-0.05, 0) is 52.0 Å². The van der Waals surface area contributed by atoms with Gasteiger partial charge in [0.1, 0.15) is 0 Å². The fourth-order valence-electron chi connectivity index (χ4n) is 2.91. The zero-order chi connectivity index (χ0) is 11.4. The molecule has 2 heterocycles. The molecule has 2 unspecified atom stereocenters. The molecule has 16 heavy (non-hydrogen) atoms. The summed E-state index contributed by atoms with van der Waals surface area (Å²) in [5.41, 5.74) is 0. The van der Waals surface area contributed by atoms with Crippen molar-refractivity contribution in [1.29, 1.82) is 0 Å². The quantitative estimate of drug-likeness (QED) is 0.794. The zero-order valence-electron chi connectivity index (χ0n) is 10.4. The third-order valence-corrected chi connectivity index (χ3v) is 3.99. The molecule has 3 heteroatoms. The number of carbonyl (C=O) groups excluding carboxylic acids is 1. The summed E-state index contributed by atoms with van der Waals surface area (Å²) in [5.74, 6) is 0.376. The number of rotatable bonds is 3. The Morgan fingerprint density at radius 1 is 1.31 bits per heavy atom. The Bertz CT molecular complexity index is 236. The SMILES string of the molecule is CC1CCCCN1C(=O)CCC1CCCN1. The van der Waals surface area contributed by atoms with E-state index < -0.39 is 0 Å². The molecule has 0 aromatic heterocycles. The topological polar surface area (TPSA) is 32.3 Å². The first-order valence-corrected chi connectivity index (χ1v) is 6.80. The number of nitrogens with zero attached hydrogens (tertiary/aromatic N) is 1. The number of carbonyl (C=O) groups is 1. The first-order valence-electron chi connectivity index (χ1n) is 6.80. The number of piperidine rings is 1. The molecule has 2 saturated heterocycles. The van der Waals surface area contributed by atoms with Crippen molar-refractivity contribution >= 4 is 5.91 Å². The van der Waals surface area contributed by atoms with Gasteiger partial charge < -0.3 is 10.2 Å². The average molecular weight is 224 g/mol. The van der Waals surface area contributed by atoms with Crippen LogP contribution in [-0.4, -0.2) is 36.0 Å². The van der Waals surface area contributed by atoms with Crippen molar-refractivity contribution in [3.05, 3.63) is 0 Å². The molecule has 2 fully saturated rings. The van der Waals surface area contributed by atoms with E-state index in [1.807, 2.05) is 0 Å². The molecule has 0 saturated carbocycles. The molecular formula is C13H24N2O. The van der Waals surface area contributed by atoms with E-state index in [1.165, 1.54) is 32.1 Å². The maximum atomic E-state index is 12.1. The minimum absolute atomic E-state index is 0.376. The lowest BCUT2D eigenvalue weighted by atomic mass is 10.0. The van der Waals surface area contributed by atoms with Gasteiger partial charge in [0.15, 0.2) is 0 Å². The van der Waals surface area contributed by atoms with Crippen LogP contribution in [0, 0.1) is 0 Å². The first-order chi connectivity index (χ1) is 7.77. The normalized spacial score (nSPS) is 30.7. The van der Waals surface area contributed by atoms with E-state index in [1.54, 1.807) is 0 Å². The zero-order valence-corrected chi connectivity index (χ0v) is 10.4. The van der Waals surface area contributed by atoms with E-state index in [0.29, 0.717) is 18.0 Å². The van der Waals surface area contributed by atoms with Crippen LogP contribution in [0.3, 0.4) is 0 Å². The molecule has 1 N–H and O–H groups in total. The molecule has 1 amide bonds. The van der Waals surface area contributed by atoms with Gasteiger partial charge in [0.25, 0.3) is 0 Å². The van der Waals surface area contributed by atoms with E-state index in [2.05, 4.69) is 17.1 Å². The molecule has 2 atom stereocenters. The van der Waals surface area contributed by atoms with E-state index in [0.717, 1.165) is 25.9 Å². The third-order valence-electron chi connectivity index (χ3n) is 3.99. The van der Waals surface area contributed by atoms with E-state index in [9.17, 15) is 4.79 Å². The van der Waals surface area contributed by atoms with Gasteiger partial charge in [0.2, 0.25) is 5.91 Å². The minimum atomic E-state index is 0.376. The maximum absolute atomic E-state index is 12.1. The first kappa shape index (κ1) is 11.9. The van der Waals surface area contributed by atoms with Gasteiger partial charge in [-0.1, -0.05) is 0 Å². The highest BCUT2D eigenvalue weighted by Gasteiger charge is 2.24. The Balaban J connectivity index is 1.73. The number of hydrogen-bond donors (Lipinski definition) is 1. The van der Waals surface area contributed by atoms with Crippen LogP contribution in [-0.2, 0) is 4.79 Å². The van der Waals surface area contributed by atoms with Crippen molar-refractivity contribution in [3.8, 4) is 0 Å². The van der Waals surface area contributed by atoms with Gasteiger partial charge in [0.05, 0.1) is 0 Å². The summed E-state index contributed by atoms with van der Waals surface area (Å²) in [6.45, 7) is 4.31. The molecule has 92 valence electrons. The van der Waals surface area contributed by atoms with E-state index in [4.69, 9.17) is 0 Å². The smallest absolute Gasteiger partial charge is 0.222 e.